The van der Waals surface area contributed by atoms with Crippen LogP contribution in [0.1, 0.15) is 15.9 Å². The van der Waals surface area contributed by atoms with Gasteiger partial charge in [0.1, 0.15) is 11.6 Å². The molecule has 3 rings (SSSR count). The van der Waals surface area contributed by atoms with Crippen molar-refractivity contribution in [1.29, 1.82) is 0 Å². The summed E-state index contributed by atoms with van der Waals surface area (Å²) < 4.78 is 19.5. The number of carbonyl (C=O) groups is 1. The van der Waals surface area contributed by atoms with Crippen LogP contribution in [-0.2, 0) is 11.3 Å². The molecule has 2 aromatic rings. The minimum atomic E-state index is -0.561. The highest BCUT2D eigenvalue weighted by molar-refractivity contribution is 5.95. The molecule has 1 aliphatic rings. The fraction of sp³-hybridized carbons (Fsp3) is 0.278. The largest absolute Gasteiger partial charge is 0.508 e. The summed E-state index contributed by atoms with van der Waals surface area (Å²) in [5.74, 6) is -0.693. The first kappa shape index (κ1) is 16.3. The first-order chi connectivity index (χ1) is 11.6. The number of carbonyl (C=O) groups excluding carboxylic acids is 1. The minimum absolute atomic E-state index is 0.0602. The molecule has 1 fully saturated rings. The summed E-state index contributed by atoms with van der Waals surface area (Å²) in [5.41, 5.74) is 1.32. The third kappa shape index (κ3) is 3.65. The topological polar surface area (TPSA) is 61.8 Å². The number of anilines is 1. The van der Waals surface area contributed by atoms with Gasteiger partial charge in [0.15, 0.2) is 0 Å². The number of hydrogen-bond donors (Lipinski definition) is 2. The quantitative estimate of drug-likeness (QED) is 0.905. The lowest BCUT2D eigenvalue weighted by Gasteiger charge is -2.27. The lowest BCUT2D eigenvalue weighted by atomic mass is 10.1. The zero-order valence-corrected chi connectivity index (χ0v) is 13.2. The van der Waals surface area contributed by atoms with Crippen molar-refractivity contribution in [3.05, 3.63) is 59.4 Å². The predicted molar refractivity (Wildman–Crippen MR) is 88.6 cm³/mol. The van der Waals surface area contributed by atoms with Crippen LogP contribution in [0, 0.1) is 5.82 Å². The van der Waals surface area contributed by atoms with Crippen LogP contribution in [0.15, 0.2) is 42.5 Å². The number of halogens is 1. The van der Waals surface area contributed by atoms with Crippen molar-refractivity contribution in [2.75, 3.05) is 31.6 Å². The van der Waals surface area contributed by atoms with Crippen LogP contribution >= 0.6 is 0 Å². The zero-order valence-electron chi connectivity index (χ0n) is 13.2. The van der Waals surface area contributed by atoms with Crippen LogP contribution < -0.4 is 5.32 Å². The van der Waals surface area contributed by atoms with E-state index in [1.165, 1.54) is 12.1 Å². The maximum Gasteiger partial charge on any atom is 0.256 e. The Morgan fingerprint density at radius 3 is 2.67 bits per heavy atom. The standard InChI is InChI=1S/C18H19FN2O3/c19-16-11-14(20-12-13-3-1-2-4-17(13)22)5-6-15(16)18(23)21-7-9-24-10-8-21/h1-6,11,20,22H,7-10,12H2. The lowest BCUT2D eigenvalue weighted by Crippen LogP contribution is -2.41. The van der Waals surface area contributed by atoms with Crippen molar-refractivity contribution in [3.8, 4) is 5.75 Å². The van der Waals surface area contributed by atoms with E-state index in [9.17, 15) is 14.3 Å². The van der Waals surface area contributed by atoms with E-state index in [4.69, 9.17) is 4.74 Å². The van der Waals surface area contributed by atoms with Crippen molar-refractivity contribution in [2.45, 2.75) is 6.54 Å². The zero-order chi connectivity index (χ0) is 16.9. The number of amides is 1. The molecule has 5 nitrogen and oxygen atoms in total. The number of rotatable bonds is 4. The van der Waals surface area contributed by atoms with Crippen molar-refractivity contribution in [3.63, 3.8) is 0 Å². The number of aromatic hydroxyl groups is 1. The van der Waals surface area contributed by atoms with Crippen LogP contribution in [0.5, 0.6) is 5.75 Å². The van der Waals surface area contributed by atoms with Gasteiger partial charge in [-0.25, -0.2) is 4.39 Å². The first-order valence-electron chi connectivity index (χ1n) is 7.82. The molecule has 0 bridgehead atoms. The predicted octanol–water partition coefficient (Wildman–Crippen LogP) is 2.62. The van der Waals surface area contributed by atoms with Gasteiger partial charge >= 0.3 is 0 Å². The Labute approximate surface area is 139 Å². The number of benzene rings is 2. The van der Waals surface area contributed by atoms with Crippen LogP contribution in [0.3, 0.4) is 0 Å². The molecule has 0 unspecified atom stereocenters. The van der Waals surface area contributed by atoms with Gasteiger partial charge < -0.3 is 20.1 Å². The van der Waals surface area contributed by atoms with Crippen molar-refractivity contribution in [1.82, 2.24) is 4.90 Å². The second-order valence-electron chi connectivity index (χ2n) is 5.58. The molecule has 126 valence electrons. The Hall–Kier alpha value is -2.60. The average molecular weight is 330 g/mol. The van der Waals surface area contributed by atoms with Crippen molar-refractivity contribution >= 4 is 11.6 Å². The van der Waals surface area contributed by atoms with Crippen LogP contribution in [0.4, 0.5) is 10.1 Å². The summed E-state index contributed by atoms with van der Waals surface area (Å²) >= 11 is 0. The number of morpholine rings is 1. The van der Waals surface area contributed by atoms with E-state index in [0.29, 0.717) is 44.1 Å². The minimum Gasteiger partial charge on any atom is -0.508 e. The molecule has 0 saturated carbocycles. The maximum absolute atomic E-state index is 14.3. The molecule has 1 saturated heterocycles. The fourth-order valence-electron chi connectivity index (χ4n) is 2.59. The number of hydrogen-bond acceptors (Lipinski definition) is 4. The normalized spacial score (nSPS) is 14.5. The lowest BCUT2D eigenvalue weighted by molar-refractivity contribution is 0.0300. The van der Waals surface area contributed by atoms with Gasteiger partial charge in [-0.1, -0.05) is 18.2 Å². The van der Waals surface area contributed by atoms with Crippen molar-refractivity contribution < 1.29 is 19.0 Å². The molecule has 1 aliphatic heterocycles. The number of phenolic OH excluding ortho intramolecular Hbond substituents is 1. The van der Waals surface area contributed by atoms with E-state index in [1.54, 1.807) is 29.2 Å². The van der Waals surface area contributed by atoms with Gasteiger partial charge in [0.25, 0.3) is 5.91 Å². The van der Waals surface area contributed by atoms with Crippen molar-refractivity contribution in [2.24, 2.45) is 0 Å². The van der Waals surface area contributed by atoms with Gasteiger partial charge in [0, 0.05) is 30.9 Å². The van der Waals surface area contributed by atoms with Gasteiger partial charge in [0.05, 0.1) is 18.8 Å². The summed E-state index contributed by atoms with van der Waals surface area (Å²) in [7, 11) is 0. The Balaban J connectivity index is 1.68. The van der Waals surface area contributed by atoms with Crippen LogP contribution in [-0.4, -0.2) is 42.2 Å². The van der Waals surface area contributed by atoms with Crippen LogP contribution in [0.2, 0.25) is 0 Å². The van der Waals surface area contributed by atoms with E-state index in [1.807, 2.05) is 6.07 Å². The number of ether oxygens (including phenoxy) is 1. The second kappa shape index (κ2) is 7.31. The molecule has 1 heterocycles. The highest BCUT2D eigenvalue weighted by Crippen LogP contribution is 2.20. The maximum atomic E-state index is 14.3. The highest BCUT2D eigenvalue weighted by atomic mass is 19.1. The smallest absolute Gasteiger partial charge is 0.256 e. The molecule has 2 N–H and O–H groups in total. The molecule has 0 atom stereocenters. The molecule has 1 amide bonds. The fourth-order valence-corrected chi connectivity index (χ4v) is 2.59. The Morgan fingerprint density at radius 2 is 1.96 bits per heavy atom. The number of para-hydroxylation sites is 1. The molecule has 0 spiro atoms. The molecular formula is C18H19FN2O3. The second-order valence-corrected chi connectivity index (χ2v) is 5.58. The molecule has 0 radical (unpaired) electrons. The van der Waals surface area contributed by atoms with Gasteiger partial charge in [-0.05, 0) is 24.3 Å². The molecule has 0 aromatic heterocycles. The summed E-state index contributed by atoms with van der Waals surface area (Å²) in [6.07, 6.45) is 0. The third-order valence-corrected chi connectivity index (χ3v) is 3.97. The SMILES string of the molecule is O=C(c1ccc(NCc2ccccc2O)cc1F)N1CCOCC1. The van der Waals surface area contributed by atoms with E-state index < -0.39 is 5.82 Å². The number of phenols is 1. The Bertz CT molecular complexity index is 730. The van der Waals surface area contributed by atoms with E-state index in [2.05, 4.69) is 5.32 Å². The first-order valence-corrected chi connectivity index (χ1v) is 7.82. The molecule has 0 aliphatic carbocycles. The third-order valence-electron chi connectivity index (χ3n) is 3.97. The summed E-state index contributed by atoms with van der Waals surface area (Å²) in [6, 6.07) is 11.4. The van der Waals surface area contributed by atoms with Gasteiger partial charge in [-0.15, -0.1) is 0 Å². The number of nitrogens with zero attached hydrogens (tertiary/aromatic N) is 1. The Kier molecular flexibility index (Phi) is 4.96. The van der Waals surface area contributed by atoms with Gasteiger partial charge in [-0.2, -0.15) is 0 Å². The summed E-state index contributed by atoms with van der Waals surface area (Å²) in [5, 5.41) is 12.8. The molecular weight excluding hydrogens is 311 g/mol. The molecule has 6 heteroatoms. The number of nitrogens with one attached hydrogen (secondary N) is 1. The van der Waals surface area contributed by atoms with E-state index in [0.717, 1.165) is 0 Å². The van der Waals surface area contributed by atoms with E-state index >= 15 is 0 Å². The Morgan fingerprint density at radius 1 is 1.21 bits per heavy atom. The average Bonchev–Trinajstić information content (AvgIpc) is 2.61. The molecule has 2 aromatic carbocycles. The van der Waals surface area contributed by atoms with Gasteiger partial charge in [0.2, 0.25) is 0 Å². The van der Waals surface area contributed by atoms with Gasteiger partial charge in [-0.3, -0.25) is 4.79 Å². The monoisotopic (exact) mass is 330 g/mol. The summed E-state index contributed by atoms with van der Waals surface area (Å²) in [6.45, 7) is 2.28. The van der Waals surface area contributed by atoms with E-state index in [-0.39, 0.29) is 17.2 Å². The summed E-state index contributed by atoms with van der Waals surface area (Å²) in [4.78, 5) is 13.9. The van der Waals surface area contributed by atoms with Crippen LogP contribution in [0.25, 0.3) is 0 Å². The molecule has 24 heavy (non-hydrogen) atoms. The highest BCUT2D eigenvalue weighted by Gasteiger charge is 2.21.